The largest absolute Gasteiger partial charge is 0.486 e. The van der Waals surface area contributed by atoms with Gasteiger partial charge in [0, 0.05) is 24.4 Å². The molecule has 0 radical (unpaired) electrons. The summed E-state index contributed by atoms with van der Waals surface area (Å²) in [7, 11) is -3.98. The van der Waals surface area contributed by atoms with Crippen LogP contribution in [0.5, 0.6) is 11.5 Å². The molecule has 9 nitrogen and oxygen atoms in total. The van der Waals surface area contributed by atoms with Crippen LogP contribution >= 0.6 is 11.8 Å². The molecule has 2 aromatic carbocycles. The second-order valence-electron chi connectivity index (χ2n) is 7.01. The maximum atomic E-state index is 13.0. The molecule has 0 aromatic heterocycles. The molecule has 172 valence electrons. The molecule has 1 heterocycles. The summed E-state index contributed by atoms with van der Waals surface area (Å²) in [5, 5.41) is 5.36. The molecule has 1 aliphatic heterocycles. The van der Waals surface area contributed by atoms with Gasteiger partial charge in [0.25, 0.3) is 0 Å². The summed E-state index contributed by atoms with van der Waals surface area (Å²) < 4.78 is 39.3. The highest BCUT2D eigenvalue weighted by Crippen LogP contribution is 2.32. The minimum absolute atomic E-state index is 0.0108. The molecular formula is C21H25N3O6S2. The van der Waals surface area contributed by atoms with Crippen molar-refractivity contribution in [3.05, 3.63) is 42.5 Å². The Morgan fingerprint density at radius 2 is 1.62 bits per heavy atom. The zero-order valence-electron chi connectivity index (χ0n) is 17.7. The number of rotatable bonds is 9. The lowest BCUT2D eigenvalue weighted by molar-refractivity contribution is -0.117. The Morgan fingerprint density at radius 1 is 1.00 bits per heavy atom. The first-order valence-electron chi connectivity index (χ1n) is 9.88. The van der Waals surface area contributed by atoms with Gasteiger partial charge in [0.1, 0.15) is 19.3 Å². The molecule has 1 unspecified atom stereocenters. The SMILES string of the molecule is CSCCC(NS(=O)(=O)c1ccc2c(c1)OCCO2)C(=O)Nc1ccc(NC(C)=O)cc1. The first-order chi connectivity index (χ1) is 15.3. The van der Waals surface area contributed by atoms with E-state index >= 15 is 0 Å². The van der Waals surface area contributed by atoms with E-state index in [0.29, 0.717) is 48.3 Å². The van der Waals surface area contributed by atoms with Crippen LogP contribution in [-0.2, 0) is 19.6 Å². The molecule has 2 amide bonds. The van der Waals surface area contributed by atoms with Crippen molar-refractivity contribution in [1.82, 2.24) is 4.72 Å². The van der Waals surface area contributed by atoms with Gasteiger partial charge in [-0.2, -0.15) is 16.5 Å². The summed E-state index contributed by atoms with van der Waals surface area (Å²) in [6.45, 7) is 2.14. The van der Waals surface area contributed by atoms with E-state index in [0.717, 1.165) is 0 Å². The molecule has 0 aliphatic carbocycles. The molecule has 0 saturated heterocycles. The second kappa shape index (κ2) is 10.7. The summed E-state index contributed by atoms with van der Waals surface area (Å²) in [6.07, 6.45) is 2.19. The highest BCUT2D eigenvalue weighted by molar-refractivity contribution is 7.98. The van der Waals surface area contributed by atoms with E-state index < -0.39 is 22.0 Å². The fourth-order valence-electron chi connectivity index (χ4n) is 2.99. The Balaban J connectivity index is 1.73. The standard InChI is InChI=1S/C21H25N3O6S2/c1-14(25)22-15-3-5-16(6-4-15)23-21(26)18(9-12-31-2)24-32(27,28)17-7-8-19-20(13-17)30-11-10-29-19/h3-8,13,18,24H,9-12H2,1-2H3,(H,22,25)(H,23,26). The molecule has 11 heteroatoms. The normalized spacial score (nSPS) is 13.8. The van der Waals surface area contributed by atoms with Crippen LogP contribution in [0.3, 0.4) is 0 Å². The number of carbonyl (C=O) groups excluding carboxylic acids is 2. The number of thioether (sulfide) groups is 1. The number of carbonyl (C=O) groups is 2. The Kier molecular flexibility index (Phi) is 7.99. The van der Waals surface area contributed by atoms with Crippen LogP contribution in [0.15, 0.2) is 47.4 Å². The van der Waals surface area contributed by atoms with E-state index in [9.17, 15) is 18.0 Å². The van der Waals surface area contributed by atoms with E-state index in [-0.39, 0.29) is 10.8 Å². The van der Waals surface area contributed by atoms with Crippen molar-refractivity contribution in [3.8, 4) is 11.5 Å². The maximum Gasteiger partial charge on any atom is 0.242 e. The minimum atomic E-state index is -3.98. The molecule has 0 spiro atoms. The van der Waals surface area contributed by atoms with Gasteiger partial charge in [-0.25, -0.2) is 8.42 Å². The molecule has 0 fully saturated rings. The molecule has 3 rings (SSSR count). The molecule has 3 N–H and O–H groups in total. The summed E-state index contributed by atoms with van der Waals surface area (Å²) in [5.41, 5.74) is 1.07. The first kappa shape index (κ1) is 23.9. The number of hydrogen-bond acceptors (Lipinski definition) is 7. The quantitative estimate of drug-likeness (QED) is 0.505. The number of nitrogens with one attached hydrogen (secondary N) is 3. The van der Waals surface area contributed by atoms with E-state index in [1.807, 2.05) is 6.26 Å². The predicted octanol–water partition coefficient (Wildman–Crippen LogP) is 2.45. The lowest BCUT2D eigenvalue weighted by Crippen LogP contribution is -2.44. The number of anilines is 2. The van der Waals surface area contributed by atoms with Gasteiger partial charge >= 0.3 is 0 Å². The smallest absolute Gasteiger partial charge is 0.242 e. The van der Waals surface area contributed by atoms with Crippen LogP contribution in [0.1, 0.15) is 13.3 Å². The summed E-state index contributed by atoms with van der Waals surface area (Å²) >= 11 is 1.51. The number of sulfonamides is 1. The topological polar surface area (TPSA) is 123 Å². The molecular weight excluding hydrogens is 454 g/mol. The van der Waals surface area contributed by atoms with Crippen molar-refractivity contribution in [3.63, 3.8) is 0 Å². The van der Waals surface area contributed by atoms with Gasteiger partial charge in [0.2, 0.25) is 21.8 Å². The molecule has 1 aliphatic rings. The highest BCUT2D eigenvalue weighted by atomic mass is 32.2. The third-order valence-corrected chi connectivity index (χ3v) is 6.63. The second-order valence-corrected chi connectivity index (χ2v) is 9.71. The minimum Gasteiger partial charge on any atom is -0.486 e. The van der Waals surface area contributed by atoms with E-state index in [4.69, 9.17) is 9.47 Å². The number of ether oxygens (including phenoxy) is 2. The molecule has 0 saturated carbocycles. The van der Waals surface area contributed by atoms with Crippen LogP contribution in [0.2, 0.25) is 0 Å². The van der Waals surface area contributed by atoms with Gasteiger partial charge in [-0.05, 0) is 54.8 Å². The van der Waals surface area contributed by atoms with Crippen molar-refractivity contribution in [2.45, 2.75) is 24.3 Å². The van der Waals surface area contributed by atoms with Gasteiger partial charge in [0.15, 0.2) is 11.5 Å². The van der Waals surface area contributed by atoms with Crippen molar-refractivity contribution < 1.29 is 27.5 Å². The fraction of sp³-hybridized carbons (Fsp3) is 0.333. The van der Waals surface area contributed by atoms with Crippen LogP contribution in [0, 0.1) is 0 Å². The van der Waals surface area contributed by atoms with Gasteiger partial charge in [-0.15, -0.1) is 0 Å². The molecule has 2 aromatic rings. The summed E-state index contributed by atoms with van der Waals surface area (Å²) in [5.74, 6) is 0.737. The predicted molar refractivity (Wildman–Crippen MR) is 124 cm³/mol. The monoisotopic (exact) mass is 479 g/mol. The number of fused-ring (bicyclic) bond motifs is 1. The Bertz CT molecular complexity index is 1070. The third kappa shape index (κ3) is 6.38. The van der Waals surface area contributed by atoms with Gasteiger partial charge < -0.3 is 20.1 Å². The highest BCUT2D eigenvalue weighted by Gasteiger charge is 2.27. The fourth-order valence-corrected chi connectivity index (χ4v) is 4.71. The van der Waals surface area contributed by atoms with Crippen LogP contribution in [0.4, 0.5) is 11.4 Å². The van der Waals surface area contributed by atoms with E-state index in [1.54, 1.807) is 24.3 Å². The number of hydrogen-bond donors (Lipinski definition) is 3. The van der Waals surface area contributed by atoms with Crippen molar-refractivity contribution in [1.29, 1.82) is 0 Å². The van der Waals surface area contributed by atoms with Crippen LogP contribution in [0.25, 0.3) is 0 Å². The summed E-state index contributed by atoms with van der Waals surface area (Å²) in [6, 6.07) is 9.92. The van der Waals surface area contributed by atoms with Crippen LogP contribution in [-0.4, -0.2) is 51.5 Å². The number of amides is 2. The molecule has 1 atom stereocenters. The first-order valence-corrected chi connectivity index (χ1v) is 12.8. The number of benzene rings is 2. The maximum absolute atomic E-state index is 13.0. The van der Waals surface area contributed by atoms with Crippen LogP contribution < -0.4 is 24.8 Å². The third-order valence-electron chi connectivity index (χ3n) is 4.52. The Hall–Kier alpha value is -2.76. The zero-order valence-corrected chi connectivity index (χ0v) is 19.3. The zero-order chi connectivity index (χ0) is 23.1. The van der Waals surface area contributed by atoms with Crippen molar-refractivity contribution in [2.75, 3.05) is 35.9 Å². The average molecular weight is 480 g/mol. The lowest BCUT2D eigenvalue weighted by Gasteiger charge is -2.21. The van der Waals surface area contributed by atoms with Gasteiger partial charge in [0.05, 0.1) is 4.90 Å². The molecule has 32 heavy (non-hydrogen) atoms. The van der Waals surface area contributed by atoms with Gasteiger partial charge in [-0.3, -0.25) is 9.59 Å². The van der Waals surface area contributed by atoms with Crippen molar-refractivity contribution >= 4 is 45.0 Å². The Morgan fingerprint density at radius 3 is 2.25 bits per heavy atom. The van der Waals surface area contributed by atoms with Gasteiger partial charge in [-0.1, -0.05) is 0 Å². The Labute approximate surface area is 191 Å². The average Bonchev–Trinajstić information content (AvgIpc) is 2.77. The van der Waals surface area contributed by atoms with E-state index in [2.05, 4.69) is 15.4 Å². The summed E-state index contributed by atoms with van der Waals surface area (Å²) in [4.78, 5) is 24.0. The van der Waals surface area contributed by atoms with E-state index in [1.165, 1.54) is 36.9 Å². The van der Waals surface area contributed by atoms with Crippen molar-refractivity contribution in [2.24, 2.45) is 0 Å². The molecule has 0 bridgehead atoms. The lowest BCUT2D eigenvalue weighted by atomic mass is 10.2.